The number of hydrogen-bond donors (Lipinski definition) is 1. The lowest BCUT2D eigenvalue weighted by Gasteiger charge is -2.36. The molecule has 126 valence electrons. The molecule has 1 aromatic carbocycles. The van der Waals surface area contributed by atoms with Gasteiger partial charge in [0.2, 0.25) is 5.91 Å². The number of benzene rings is 1. The number of aryl methyl sites for hydroxylation is 1. The topological polar surface area (TPSA) is 56.7 Å². The van der Waals surface area contributed by atoms with Crippen LogP contribution in [0.1, 0.15) is 16.8 Å². The van der Waals surface area contributed by atoms with E-state index in [-0.39, 0.29) is 12.5 Å². The number of piperazine rings is 1. The maximum Gasteiger partial charge on any atom is 0.227 e. The van der Waals surface area contributed by atoms with Gasteiger partial charge in [-0.2, -0.15) is 0 Å². The predicted molar refractivity (Wildman–Crippen MR) is 93.8 cm³/mol. The zero-order chi connectivity index (χ0) is 16.9. The van der Waals surface area contributed by atoms with E-state index in [1.165, 1.54) is 0 Å². The van der Waals surface area contributed by atoms with Crippen molar-refractivity contribution in [1.82, 2.24) is 9.88 Å². The first-order valence-electron chi connectivity index (χ1n) is 8.30. The molecule has 1 N–H and O–H groups in total. The standard InChI is InChI=1S/C19H23N3O2/c1-15-4-2-3-5-16(15)12-19(24)22-10-8-21(9-11-22)18-6-7-20-17(13-18)14-23/h2-7,13,23H,8-12,14H2,1H3. The predicted octanol–water partition coefficient (Wildman–Crippen LogP) is 1.77. The van der Waals surface area contributed by atoms with Crippen LogP contribution in [-0.4, -0.2) is 47.1 Å². The fourth-order valence-corrected chi connectivity index (χ4v) is 3.05. The van der Waals surface area contributed by atoms with Gasteiger partial charge in [0.25, 0.3) is 0 Å². The van der Waals surface area contributed by atoms with Gasteiger partial charge in [-0.15, -0.1) is 0 Å². The summed E-state index contributed by atoms with van der Waals surface area (Å²) < 4.78 is 0. The Labute approximate surface area is 142 Å². The maximum atomic E-state index is 12.5. The third-order valence-electron chi connectivity index (χ3n) is 4.56. The highest BCUT2D eigenvalue weighted by molar-refractivity contribution is 5.79. The summed E-state index contributed by atoms with van der Waals surface area (Å²) in [6.07, 6.45) is 2.19. The van der Waals surface area contributed by atoms with E-state index in [1.54, 1.807) is 6.20 Å². The Morgan fingerprint density at radius 2 is 1.92 bits per heavy atom. The van der Waals surface area contributed by atoms with E-state index in [1.807, 2.05) is 48.2 Å². The number of nitrogens with zero attached hydrogens (tertiary/aromatic N) is 3. The normalized spacial score (nSPS) is 14.8. The lowest BCUT2D eigenvalue weighted by atomic mass is 10.1. The lowest BCUT2D eigenvalue weighted by molar-refractivity contribution is -0.130. The van der Waals surface area contributed by atoms with E-state index in [0.29, 0.717) is 12.1 Å². The smallest absolute Gasteiger partial charge is 0.227 e. The van der Waals surface area contributed by atoms with Crippen LogP contribution in [-0.2, 0) is 17.8 Å². The SMILES string of the molecule is Cc1ccccc1CC(=O)N1CCN(c2ccnc(CO)c2)CC1. The third-order valence-corrected chi connectivity index (χ3v) is 4.56. The minimum atomic E-state index is -0.0529. The summed E-state index contributed by atoms with van der Waals surface area (Å²) in [6, 6.07) is 11.9. The Bertz CT molecular complexity index is 709. The van der Waals surface area contributed by atoms with E-state index in [9.17, 15) is 9.90 Å². The number of rotatable bonds is 4. The monoisotopic (exact) mass is 325 g/mol. The fourth-order valence-electron chi connectivity index (χ4n) is 3.05. The molecule has 1 fully saturated rings. The molecule has 0 spiro atoms. The highest BCUT2D eigenvalue weighted by atomic mass is 16.3. The fraction of sp³-hybridized carbons (Fsp3) is 0.368. The van der Waals surface area contributed by atoms with Gasteiger partial charge in [-0.3, -0.25) is 9.78 Å². The van der Waals surface area contributed by atoms with Crippen LogP contribution >= 0.6 is 0 Å². The number of hydrogen-bond acceptors (Lipinski definition) is 4. The largest absolute Gasteiger partial charge is 0.390 e. The molecule has 5 heteroatoms. The van der Waals surface area contributed by atoms with Crippen molar-refractivity contribution in [3.63, 3.8) is 0 Å². The maximum absolute atomic E-state index is 12.5. The van der Waals surface area contributed by atoms with Crippen molar-refractivity contribution in [3.8, 4) is 0 Å². The van der Waals surface area contributed by atoms with Crippen LogP contribution < -0.4 is 4.90 Å². The Morgan fingerprint density at radius 1 is 1.17 bits per heavy atom. The number of carbonyl (C=O) groups is 1. The molecule has 1 aliphatic heterocycles. The molecule has 3 rings (SSSR count). The van der Waals surface area contributed by atoms with Crippen LogP contribution in [0, 0.1) is 6.92 Å². The second-order valence-electron chi connectivity index (χ2n) is 6.13. The van der Waals surface area contributed by atoms with Crippen molar-refractivity contribution in [2.75, 3.05) is 31.1 Å². The molecule has 2 heterocycles. The second kappa shape index (κ2) is 7.45. The first kappa shape index (κ1) is 16.5. The molecule has 0 aliphatic carbocycles. The molecular formula is C19H23N3O2. The molecule has 1 amide bonds. The van der Waals surface area contributed by atoms with Gasteiger partial charge in [0.05, 0.1) is 18.7 Å². The van der Waals surface area contributed by atoms with Gasteiger partial charge in [0.15, 0.2) is 0 Å². The molecule has 0 bridgehead atoms. The van der Waals surface area contributed by atoms with Crippen LogP contribution in [0.4, 0.5) is 5.69 Å². The molecule has 1 saturated heterocycles. The molecule has 5 nitrogen and oxygen atoms in total. The minimum absolute atomic E-state index is 0.0529. The summed E-state index contributed by atoms with van der Waals surface area (Å²) in [7, 11) is 0. The molecule has 0 saturated carbocycles. The minimum Gasteiger partial charge on any atom is -0.390 e. The van der Waals surface area contributed by atoms with E-state index < -0.39 is 0 Å². The van der Waals surface area contributed by atoms with E-state index in [0.717, 1.165) is 43.0 Å². The van der Waals surface area contributed by atoms with E-state index >= 15 is 0 Å². The molecule has 0 radical (unpaired) electrons. The number of amides is 1. The lowest BCUT2D eigenvalue weighted by Crippen LogP contribution is -2.49. The van der Waals surface area contributed by atoms with Gasteiger partial charge in [-0.1, -0.05) is 24.3 Å². The van der Waals surface area contributed by atoms with Gasteiger partial charge >= 0.3 is 0 Å². The first-order valence-corrected chi connectivity index (χ1v) is 8.30. The van der Waals surface area contributed by atoms with Gasteiger partial charge < -0.3 is 14.9 Å². The number of aliphatic hydroxyl groups is 1. The van der Waals surface area contributed by atoms with Crippen molar-refractivity contribution in [3.05, 3.63) is 59.4 Å². The van der Waals surface area contributed by atoms with Crippen molar-refractivity contribution >= 4 is 11.6 Å². The Balaban J connectivity index is 1.58. The zero-order valence-corrected chi connectivity index (χ0v) is 14.0. The summed E-state index contributed by atoms with van der Waals surface area (Å²) in [5.41, 5.74) is 4.00. The molecule has 0 unspecified atom stereocenters. The van der Waals surface area contributed by atoms with Crippen LogP contribution in [0.15, 0.2) is 42.6 Å². The van der Waals surface area contributed by atoms with E-state index in [2.05, 4.69) is 9.88 Å². The number of anilines is 1. The Hall–Kier alpha value is -2.40. The highest BCUT2D eigenvalue weighted by Gasteiger charge is 2.21. The molecular weight excluding hydrogens is 302 g/mol. The molecule has 1 aliphatic rings. The van der Waals surface area contributed by atoms with E-state index in [4.69, 9.17) is 0 Å². The summed E-state index contributed by atoms with van der Waals surface area (Å²) in [5.74, 6) is 0.190. The average molecular weight is 325 g/mol. The number of pyridine rings is 1. The average Bonchev–Trinajstić information content (AvgIpc) is 2.64. The zero-order valence-electron chi connectivity index (χ0n) is 14.0. The third kappa shape index (κ3) is 3.74. The number of carbonyl (C=O) groups excluding carboxylic acids is 1. The van der Waals surface area contributed by atoms with Gasteiger partial charge in [0, 0.05) is 38.1 Å². The second-order valence-corrected chi connectivity index (χ2v) is 6.13. The van der Waals surface area contributed by atoms with Gasteiger partial charge in [-0.05, 0) is 30.2 Å². The van der Waals surface area contributed by atoms with Crippen LogP contribution in [0.5, 0.6) is 0 Å². The summed E-state index contributed by atoms with van der Waals surface area (Å²) >= 11 is 0. The summed E-state index contributed by atoms with van der Waals surface area (Å²) in [5, 5.41) is 9.20. The molecule has 0 atom stereocenters. The Morgan fingerprint density at radius 3 is 2.62 bits per heavy atom. The van der Waals surface area contributed by atoms with Crippen molar-refractivity contribution in [2.24, 2.45) is 0 Å². The number of aliphatic hydroxyl groups excluding tert-OH is 1. The van der Waals surface area contributed by atoms with Crippen LogP contribution in [0.2, 0.25) is 0 Å². The van der Waals surface area contributed by atoms with Crippen LogP contribution in [0.3, 0.4) is 0 Å². The summed E-state index contributed by atoms with van der Waals surface area (Å²) in [4.78, 5) is 20.8. The van der Waals surface area contributed by atoms with Crippen molar-refractivity contribution < 1.29 is 9.90 Å². The summed E-state index contributed by atoms with van der Waals surface area (Å²) in [6.45, 7) is 5.04. The van der Waals surface area contributed by atoms with Crippen molar-refractivity contribution in [2.45, 2.75) is 20.0 Å². The highest BCUT2D eigenvalue weighted by Crippen LogP contribution is 2.18. The Kier molecular flexibility index (Phi) is 5.11. The van der Waals surface area contributed by atoms with Gasteiger partial charge in [-0.25, -0.2) is 0 Å². The molecule has 2 aromatic rings. The quantitative estimate of drug-likeness (QED) is 0.931. The van der Waals surface area contributed by atoms with Crippen molar-refractivity contribution in [1.29, 1.82) is 0 Å². The molecule has 1 aromatic heterocycles. The van der Waals surface area contributed by atoms with Gasteiger partial charge in [0.1, 0.15) is 0 Å². The molecule has 24 heavy (non-hydrogen) atoms. The van der Waals surface area contributed by atoms with Crippen LogP contribution in [0.25, 0.3) is 0 Å². The first-order chi connectivity index (χ1) is 11.7. The number of aromatic nitrogens is 1.